The SMILES string of the molecule is O=C(CO)COP(=O)(O)OP(=O)(O)O. The van der Waals surface area contributed by atoms with Crippen LogP contribution in [0, 0.1) is 0 Å². The second-order valence-corrected chi connectivity index (χ2v) is 4.84. The number of carbonyl (C=O) groups is 1. The molecule has 0 radical (unpaired) electrons. The van der Waals surface area contributed by atoms with E-state index in [4.69, 9.17) is 19.8 Å². The molecule has 1 unspecified atom stereocenters. The molecule has 0 aliphatic rings. The van der Waals surface area contributed by atoms with Gasteiger partial charge in [-0.05, 0) is 0 Å². The Bertz CT molecular complexity index is 290. The van der Waals surface area contributed by atoms with E-state index in [-0.39, 0.29) is 0 Å². The molecule has 0 spiro atoms. The minimum atomic E-state index is -5.17. The molecule has 0 aliphatic carbocycles. The molecule has 9 nitrogen and oxygen atoms in total. The Labute approximate surface area is 78.1 Å². The van der Waals surface area contributed by atoms with Gasteiger partial charge in [-0.15, -0.1) is 0 Å². The predicted molar refractivity (Wildman–Crippen MR) is 41.0 cm³/mol. The zero-order valence-corrected chi connectivity index (χ0v) is 8.43. The molecule has 0 amide bonds. The van der Waals surface area contributed by atoms with E-state index < -0.39 is 34.6 Å². The third kappa shape index (κ3) is 7.31. The molecule has 0 fully saturated rings. The summed E-state index contributed by atoms with van der Waals surface area (Å²) in [4.78, 5) is 35.2. The summed E-state index contributed by atoms with van der Waals surface area (Å²) in [6.07, 6.45) is 0. The summed E-state index contributed by atoms with van der Waals surface area (Å²) < 4.78 is 27.9. The van der Waals surface area contributed by atoms with Crippen molar-refractivity contribution in [3.05, 3.63) is 0 Å². The molecule has 84 valence electrons. The van der Waals surface area contributed by atoms with E-state index in [0.29, 0.717) is 0 Å². The van der Waals surface area contributed by atoms with E-state index in [1.807, 2.05) is 0 Å². The minimum absolute atomic E-state index is 0.921. The number of rotatable bonds is 6. The molecule has 4 N–H and O–H groups in total. The van der Waals surface area contributed by atoms with Crippen molar-refractivity contribution in [1.29, 1.82) is 0 Å². The van der Waals surface area contributed by atoms with Crippen molar-refractivity contribution in [3.8, 4) is 0 Å². The number of phosphoric acid groups is 2. The van der Waals surface area contributed by atoms with Crippen LogP contribution in [0.15, 0.2) is 0 Å². The van der Waals surface area contributed by atoms with E-state index in [0.717, 1.165) is 0 Å². The molecule has 0 rings (SSSR count). The lowest BCUT2D eigenvalue weighted by atomic mass is 10.5. The van der Waals surface area contributed by atoms with E-state index in [2.05, 4.69) is 8.83 Å². The highest BCUT2D eigenvalue weighted by Crippen LogP contribution is 2.57. The van der Waals surface area contributed by atoms with Gasteiger partial charge in [0.05, 0.1) is 0 Å². The summed E-state index contributed by atoms with van der Waals surface area (Å²) in [7, 11) is -10.1. The molecular weight excluding hydrogens is 242 g/mol. The summed E-state index contributed by atoms with van der Waals surface area (Å²) in [5.41, 5.74) is 0. The number of hydrogen-bond acceptors (Lipinski definition) is 6. The molecule has 0 aromatic heterocycles. The van der Waals surface area contributed by atoms with E-state index in [1.165, 1.54) is 0 Å². The van der Waals surface area contributed by atoms with Gasteiger partial charge < -0.3 is 19.8 Å². The highest BCUT2D eigenvalue weighted by atomic mass is 31.3. The maximum absolute atomic E-state index is 10.6. The third-order valence-electron chi connectivity index (χ3n) is 0.775. The van der Waals surface area contributed by atoms with Crippen LogP contribution in [0.1, 0.15) is 0 Å². The Kier molecular flexibility index (Phi) is 5.07. The molecule has 0 bridgehead atoms. The number of phosphoric ester groups is 1. The maximum Gasteiger partial charge on any atom is 0.481 e. The van der Waals surface area contributed by atoms with Crippen molar-refractivity contribution in [1.82, 2.24) is 0 Å². The van der Waals surface area contributed by atoms with E-state index in [1.54, 1.807) is 0 Å². The van der Waals surface area contributed by atoms with Crippen LogP contribution in [0.4, 0.5) is 0 Å². The number of Topliss-reactive ketones (excluding diaryl/α,β-unsaturated/α-hetero) is 1. The maximum atomic E-state index is 10.6. The Morgan fingerprint density at radius 1 is 1.21 bits per heavy atom. The number of aliphatic hydroxyl groups is 1. The Morgan fingerprint density at radius 2 is 1.71 bits per heavy atom. The fourth-order valence-corrected chi connectivity index (χ4v) is 1.93. The monoisotopic (exact) mass is 250 g/mol. The first-order valence-electron chi connectivity index (χ1n) is 3.03. The molecular formula is C3H8O9P2. The first-order valence-corrected chi connectivity index (χ1v) is 6.05. The van der Waals surface area contributed by atoms with Crippen molar-refractivity contribution in [2.45, 2.75) is 0 Å². The zero-order valence-electron chi connectivity index (χ0n) is 6.64. The van der Waals surface area contributed by atoms with Gasteiger partial charge >= 0.3 is 15.6 Å². The first kappa shape index (κ1) is 13.9. The fourth-order valence-electron chi connectivity index (χ4n) is 0.357. The van der Waals surface area contributed by atoms with Gasteiger partial charge in [-0.2, -0.15) is 4.31 Å². The second kappa shape index (κ2) is 5.11. The van der Waals surface area contributed by atoms with Crippen LogP contribution in [0.3, 0.4) is 0 Å². The minimum Gasteiger partial charge on any atom is -0.388 e. The zero-order chi connectivity index (χ0) is 11.4. The van der Waals surface area contributed by atoms with E-state index >= 15 is 0 Å². The predicted octanol–water partition coefficient (Wildman–Crippen LogP) is -1.23. The van der Waals surface area contributed by atoms with Gasteiger partial charge in [0.2, 0.25) is 0 Å². The molecule has 14 heavy (non-hydrogen) atoms. The van der Waals surface area contributed by atoms with Crippen LogP contribution in [0.5, 0.6) is 0 Å². The summed E-state index contributed by atoms with van der Waals surface area (Å²) in [6.45, 7) is -1.90. The lowest BCUT2D eigenvalue weighted by molar-refractivity contribution is -0.124. The van der Waals surface area contributed by atoms with Crippen molar-refractivity contribution in [3.63, 3.8) is 0 Å². The van der Waals surface area contributed by atoms with Gasteiger partial charge in [-0.3, -0.25) is 9.32 Å². The fraction of sp³-hybridized carbons (Fsp3) is 0.667. The van der Waals surface area contributed by atoms with Crippen LogP contribution in [-0.4, -0.2) is 38.8 Å². The topological polar surface area (TPSA) is 151 Å². The highest BCUT2D eigenvalue weighted by Gasteiger charge is 2.32. The summed E-state index contributed by atoms with van der Waals surface area (Å²) in [5, 5.41) is 8.17. The summed E-state index contributed by atoms with van der Waals surface area (Å²) in [6, 6.07) is 0. The van der Waals surface area contributed by atoms with E-state index in [9.17, 15) is 13.9 Å². The van der Waals surface area contributed by atoms with Gasteiger partial charge in [0, 0.05) is 0 Å². The quantitative estimate of drug-likeness (QED) is 0.424. The lowest BCUT2D eigenvalue weighted by Crippen LogP contribution is -2.11. The number of ketones is 1. The van der Waals surface area contributed by atoms with Gasteiger partial charge in [-0.1, -0.05) is 0 Å². The molecule has 0 aromatic carbocycles. The second-order valence-electron chi connectivity index (χ2n) is 2.01. The molecule has 0 heterocycles. The largest absolute Gasteiger partial charge is 0.481 e. The standard InChI is InChI=1S/C3H8O9P2/c4-1-3(5)2-11-14(9,10)12-13(6,7)8/h4H,1-2H2,(H,9,10)(H2,6,7,8). The molecule has 0 saturated carbocycles. The highest BCUT2D eigenvalue weighted by molar-refractivity contribution is 7.60. The van der Waals surface area contributed by atoms with Crippen LogP contribution < -0.4 is 0 Å². The Morgan fingerprint density at radius 3 is 2.07 bits per heavy atom. The van der Waals surface area contributed by atoms with Crippen molar-refractivity contribution in [2.24, 2.45) is 0 Å². The number of carbonyl (C=O) groups excluding carboxylic acids is 1. The van der Waals surface area contributed by atoms with Gasteiger partial charge in [0.15, 0.2) is 5.78 Å². The molecule has 1 atom stereocenters. The van der Waals surface area contributed by atoms with Gasteiger partial charge in [0.1, 0.15) is 13.2 Å². The Balaban J connectivity index is 4.16. The average Bonchev–Trinajstić information content (AvgIpc) is 1.96. The lowest BCUT2D eigenvalue weighted by Gasteiger charge is -2.11. The Hall–Kier alpha value is -0.110. The number of aliphatic hydroxyl groups excluding tert-OH is 1. The molecule has 11 heteroatoms. The summed E-state index contributed by atoms with van der Waals surface area (Å²) >= 11 is 0. The van der Waals surface area contributed by atoms with Crippen molar-refractivity contribution in [2.75, 3.05) is 13.2 Å². The van der Waals surface area contributed by atoms with Crippen LogP contribution >= 0.6 is 15.6 Å². The molecule has 0 aliphatic heterocycles. The molecule has 0 aromatic rings. The summed E-state index contributed by atoms with van der Waals surface area (Å²) in [5.74, 6) is -0.936. The molecule has 0 saturated heterocycles. The van der Waals surface area contributed by atoms with Crippen LogP contribution in [-0.2, 0) is 22.8 Å². The van der Waals surface area contributed by atoms with Crippen LogP contribution in [0.25, 0.3) is 0 Å². The van der Waals surface area contributed by atoms with Crippen LogP contribution in [0.2, 0.25) is 0 Å². The third-order valence-corrected chi connectivity index (χ3v) is 2.91. The van der Waals surface area contributed by atoms with Crippen molar-refractivity contribution < 1.29 is 42.5 Å². The number of hydrogen-bond donors (Lipinski definition) is 4. The van der Waals surface area contributed by atoms with Crippen molar-refractivity contribution >= 4 is 21.4 Å². The van der Waals surface area contributed by atoms with Gasteiger partial charge in [0.25, 0.3) is 0 Å². The normalized spacial score (nSPS) is 16.3. The smallest absolute Gasteiger partial charge is 0.388 e. The average molecular weight is 250 g/mol. The first-order chi connectivity index (χ1) is 6.16. The van der Waals surface area contributed by atoms with Gasteiger partial charge in [-0.25, -0.2) is 9.13 Å².